The minimum atomic E-state index is -0.781. The van der Waals surface area contributed by atoms with E-state index >= 15 is 0 Å². The van der Waals surface area contributed by atoms with Gasteiger partial charge in [-0.2, -0.15) is 0 Å². The molecule has 0 spiro atoms. The Kier molecular flexibility index (Phi) is 4.74. The molecule has 5 nitrogen and oxygen atoms in total. The van der Waals surface area contributed by atoms with Gasteiger partial charge < -0.3 is 15.2 Å². The zero-order valence-electron chi connectivity index (χ0n) is 11.5. The van der Waals surface area contributed by atoms with Crippen LogP contribution in [0.2, 0.25) is 0 Å². The summed E-state index contributed by atoms with van der Waals surface area (Å²) in [4.78, 5) is 22.9. The number of esters is 1. The zero-order chi connectivity index (χ0) is 14.5. The van der Waals surface area contributed by atoms with E-state index in [1.54, 1.807) is 19.1 Å². The molecule has 1 aromatic rings. The first-order valence-corrected chi connectivity index (χ1v) is 6.84. The third kappa shape index (κ3) is 3.17. The van der Waals surface area contributed by atoms with Crippen molar-refractivity contribution in [3.05, 3.63) is 35.4 Å². The number of carboxylic acids is 1. The molecule has 1 aliphatic rings. The normalized spacial score (nSPS) is 22.2. The Balaban J connectivity index is 2.15. The van der Waals surface area contributed by atoms with Gasteiger partial charge in [0.15, 0.2) is 0 Å². The highest BCUT2D eigenvalue weighted by atomic mass is 16.5. The van der Waals surface area contributed by atoms with Crippen molar-refractivity contribution in [3.8, 4) is 0 Å². The molecule has 108 valence electrons. The summed E-state index contributed by atoms with van der Waals surface area (Å²) >= 11 is 0. The highest BCUT2D eigenvalue weighted by molar-refractivity contribution is 5.89. The molecule has 2 unspecified atom stereocenters. The van der Waals surface area contributed by atoms with Crippen LogP contribution < -0.4 is 5.32 Å². The van der Waals surface area contributed by atoms with Crippen LogP contribution in [0.1, 0.15) is 35.2 Å². The first-order chi connectivity index (χ1) is 9.63. The number of hydrogen-bond donors (Lipinski definition) is 2. The van der Waals surface area contributed by atoms with Crippen LogP contribution in [0.15, 0.2) is 24.3 Å². The van der Waals surface area contributed by atoms with Crippen molar-refractivity contribution in [2.24, 2.45) is 5.92 Å². The molecule has 1 aromatic carbocycles. The molecule has 0 bridgehead atoms. The number of nitrogens with one attached hydrogen (secondary N) is 1. The first kappa shape index (κ1) is 14.5. The van der Waals surface area contributed by atoms with E-state index in [9.17, 15) is 14.7 Å². The number of rotatable bonds is 4. The Morgan fingerprint density at radius 2 is 2.05 bits per heavy atom. The summed E-state index contributed by atoms with van der Waals surface area (Å²) in [5.74, 6) is -1.56. The molecular weight excluding hydrogens is 258 g/mol. The first-order valence-electron chi connectivity index (χ1n) is 6.84. The topological polar surface area (TPSA) is 75.6 Å². The molecular formula is C15H19NO4. The molecule has 0 saturated carbocycles. The fourth-order valence-electron chi connectivity index (χ4n) is 2.60. The largest absolute Gasteiger partial charge is 0.481 e. The molecule has 1 heterocycles. The maximum atomic E-state index is 11.6. The van der Waals surface area contributed by atoms with Crippen LogP contribution in [0.25, 0.3) is 0 Å². The second-order valence-electron chi connectivity index (χ2n) is 4.89. The van der Waals surface area contributed by atoms with Gasteiger partial charge in [0.2, 0.25) is 0 Å². The molecule has 0 aliphatic carbocycles. The average molecular weight is 277 g/mol. The van der Waals surface area contributed by atoms with Gasteiger partial charge in [-0.1, -0.05) is 12.1 Å². The Hall–Kier alpha value is -1.88. The second kappa shape index (κ2) is 6.52. The summed E-state index contributed by atoms with van der Waals surface area (Å²) in [5.41, 5.74) is 1.46. The summed E-state index contributed by atoms with van der Waals surface area (Å²) in [7, 11) is 0. The third-order valence-corrected chi connectivity index (χ3v) is 3.65. The molecule has 1 saturated heterocycles. The lowest BCUT2D eigenvalue weighted by Gasteiger charge is -2.29. The van der Waals surface area contributed by atoms with Gasteiger partial charge in [0.25, 0.3) is 0 Å². The molecule has 2 rings (SSSR count). The third-order valence-electron chi connectivity index (χ3n) is 3.65. The van der Waals surface area contributed by atoms with E-state index in [2.05, 4.69) is 5.32 Å². The Labute approximate surface area is 117 Å². The molecule has 0 radical (unpaired) electrons. The fraction of sp³-hybridized carbons (Fsp3) is 0.467. The Bertz CT molecular complexity index is 483. The maximum absolute atomic E-state index is 11.6. The smallest absolute Gasteiger partial charge is 0.338 e. The van der Waals surface area contributed by atoms with Crippen molar-refractivity contribution in [3.63, 3.8) is 0 Å². The van der Waals surface area contributed by atoms with Gasteiger partial charge >= 0.3 is 11.9 Å². The number of hydrogen-bond acceptors (Lipinski definition) is 4. The van der Waals surface area contributed by atoms with Crippen LogP contribution in [0.5, 0.6) is 0 Å². The number of benzene rings is 1. The molecule has 1 aliphatic heterocycles. The predicted molar refractivity (Wildman–Crippen MR) is 73.8 cm³/mol. The molecule has 2 atom stereocenters. The summed E-state index contributed by atoms with van der Waals surface area (Å²) in [6.45, 7) is 3.41. The minimum Gasteiger partial charge on any atom is -0.481 e. The monoisotopic (exact) mass is 277 g/mol. The molecule has 20 heavy (non-hydrogen) atoms. The molecule has 2 N–H and O–H groups in total. The van der Waals surface area contributed by atoms with Crippen LogP contribution in [0, 0.1) is 5.92 Å². The number of carbonyl (C=O) groups excluding carboxylic acids is 1. The number of aliphatic carboxylic acids is 1. The standard InChI is InChI=1S/C15H19NO4/c1-2-20-15(19)11-5-3-10(4-6-11)12-7-8-16-9-13(12)14(17)18/h3-6,12-13,16H,2,7-9H2,1H3,(H,17,18). The van der Waals surface area contributed by atoms with E-state index in [0.29, 0.717) is 18.7 Å². The maximum Gasteiger partial charge on any atom is 0.338 e. The van der Waals surface area contributed by atoms with E-state index in [0.717, 1.165) is 18.5 Å². The van der Waals surface area contributed by atoms with Gasteiger partial charge in [0, 0.05) is 6.54 Å². The van der Waals surface area contributed by atoms with E-state index in [4.69, 9.17) is 4.74 Å². The summed E-state index contributed by atoms with van der Waals surface area (Å²) in [5, 5.41) is 12.4. The van der Waals surface area contributed by atoms with Crippen molar-refractivity contribution < 1.29 is 19.4 Å². The molecule has 5 heteroatoms. The van der Waals surface area contributed by atoms with Gasteiger partial charge in [-0.05, 0) is 43.5 Å². The molecule has 1 fully saturated rings. The van der Waals surface area contributed by atoms with Gasteiger partial charge in [-0.25, -0.2) is 4.79 Å². The SMILES string of the molecule is CCOC(=O)c1ccc(C2CCNCC2C(=O)O)cc1. The average Bonchev–Trinajstić information content (AvgIpc) is 2.47. The van der Waals surface area contributed by atoms with Gasteiger partial charge in [-0.3, -0.25) is 4.79 Å². The van der Waals surface area contributed by atoms with E-state index < -0.39 is 11.9 Å². The fourth-order valence-corrected chi connectivity index (χ4v) is 2.60. The van der Waals surface area contributed by atoms with Crippen molar-refractivity contribution in [2.75, 3.05) is 19.7 Å². The van der Waals surface area contributed by atoms with E-state index in [-0.39, 0.29) is 11.9 Å². The number of piperidine rings is 1. The lowest BCUT2D eigenvalue weighted by atomic mass is 9.81. The van der Waals surface area contributed by atoms with E-state index in [1.165, 1.54) is 0 Å². The number of ether oxygens (including phenoxy) is 1. The van der Waals surface area contributed by atoms with Gasteiger partial charge in [0.05, 0.1) is 18.1 Å². The predicted octanol–water partition coefficient (Wildman–Crippen LogP) is 1.64. The highest BCUT2D eigenvalue weighted by Gasteiger charge is 2.31. The van der Waals surface area contributed by atoms with Crippen molar-refractivity contribution in [1.29, 1.82) is 0 Å². The minimum absolute atomic E-state index is 0.00926. The van der Waals surface area contributed by atoms with Crippen LogP contribution >= 0.6 is 0 Å². The van der Waals surface area contributed by atoms with Gasteiger partial charge in [0.1, 0.15) is 0 Å². The lowest BCUT2D eigenvalue weighted by molar-refractivity contribution is -0.142. The van der Waals surface area contributed by atoms with Crippen molar-refractivity contribution in [1.82, 2.24) is 5.32 Å². The lowest BCUT2D eigenvalue weighted by Crippen LogP contribution is -2.39. The zero-order valence-corrected chi connectivity index (χ0v) is 11.5. The molecule has 0 aromatic heterocycles. The van der Waals surface area contributed by atoms with Gasteiger partial charge in [-0.15, -0.1) is 0 Å². The van der Waals surface area contributed by atoms with Crippen molar-refractivity contribution in [2.45, 2.75) is 19.3 Å². The van der Waals surface area contributed by atoms with Crippen molar-refractivity contribution >= 4 is 11.9 Å². The molecule has 0 amide bonds. The number of carbonyl (C=O) groups is 2. The number of carboxylic acid groups (broad SMARTS) is 1. The Morgan fingerprint density at radius 3 is 2.65 bits per heavy atom. The van der Waals surface area contributed by atoms with Crippen LogP contribution in [0.4, 0.5) is 0 Å². The Morgan fingerprint density at radius 1 is 1.35 bits per heavy atom. The van der Waals surface area contributed by atoms with Crippen LogP contribution in [-0.2, 0) is 9.53 Å². The van der Waals surface area contributed by atoms with Crippen LogP contribution in [-0.4, -0.2) is 36.7 Å². The summed E-state index contributed by atoms with van der Waals surface area (Å²) < 4.78 is 4.93. The highest BCUT2D eigenvalue weighted by Crippen LogP contribution is 2.30. The quantitative estimate of drug-likeness (QED) is 0.818. The summed E-state index contributed by atoms with van der Waals surface area (Å²) in [6, 6.07) is 7.07. The van der Waals surface area contributed by atoms with E-state index in [1.807, 2.05) is 12.1 Å². The van der Waals surface area contributed by atoms with Crippen LogP contribution in [0.3, 0.4) is 0 Å². The second-order valence-corrected chi connectivity index (χ2v) is 4.89. The summed E-state index contributed by atoms with van der Waals surface area (Å²) in [6.07, 6.45) is 0.787.